The second-order valence-corrected chi connectivity index (χ2v) is 7.14. The lowest BCUT2D eigenvalue weighted by Gasteiger charge is -2.33. The monoisotopic (exact) mass is 321 g/mol. The van der Waals surface area contributed by atoms with Crippen molar-refractivity contribution in [2.75, 3.05) is 19.6 Å². The number of likely N-dealkylation sites (tertiary alicyclic amines) is 1. The number of amides is 1. The molecule has 1 saturated heterocycles. The standard InChI is InChI=1S/C15H19N3O3S/c1-2-16-15(19)11-6-5-9-18(10-11)14-12-7-3-4-8-13(12)22(20,21)17-14/h3-4,7-8,11H,2,5-6,9-10H2,1H3,(H,16,19)/t11-/m1/s1. The van der Waals surface area contributed by atoms with E-state index in [9.17, 15) is 13.2 Å². The first-order valence-electron chi connectivity index (χ1n) is 7.50. The number of nitrogens with zero attached hydrogens (tertiary/aromatic N) is 2. The van der Waals surface area contributed by atoms with Gasteiger partial charge in [0.2, 0.25) is 5.91 Å². The van der Waals surface area contributed by atoms with Gasteiger partial charge < -0.3 is 10.2 Å². The Balaban J connectivity index is 1.87. The van der Waals surface area contributed by atoms with E-state index in [1.807, 2.05) is 11.8 Å². The lowest BCUT2D eigenvalue weighted by Crippen LogP contribution is -2.45. The highest BCUT2D eigenvalue weighted by Gasteiger charge is 2.34. The molecule has 7 heteroatoms. The SMILES string of the molecule is CCNC(=O)[C@@H]1CCCN(C2=NS(=O)(=O)c3ccccc32)C1. The molecule has 1 aromatic carbocycles. The van der Waals surface area contributed by atoms with Gasteiger partial charge in [0, 0.05) is 25.2 Å². The van der Waals surface area contributed by atoms with Gasteiger partial charge in [-0.25, -0.2) is 0 Å². The van der Waals surface area contributed by atoms with Crippen molar-refractivity contribution >= 4 is 21.8 Å². The van der Waals surface area contributed by atoms with Crippen molar-refractivity contribution in [3.63, 3.8) is 0 Å². The fourth-order valence-electron chi connectivity index (χ4n) is 3.02. The van der Waals surface area contributed by atoms with Crippen LogP contribution in [-0.4, -0.2) is 44.7 Å². The topological polar surface area (TPSA) is 78.8 Å². The van der Waals surface area contributed by atoms with E-state index < -0.39 is 10.0 Å². The number of rotatable bonds is 2. The van der Waals surface area contributed by atoms with E-state index in [4.69, 9.17) is 0 Å². The zero-order chi connectivity index (χ0) is 15.7. The van der Waals surface area contributed by atoms with E-state index in [0.717, 1.165) is 19.4 Å². The number of sulfonamides is 1. The smallest absolute Gasteiger partial charge is 0.285 e. The summed E-state index contributed by atoms with van der Waals surface area (Å²) in [4.78, 5) is 14.2. The summed E-state index contributed by atoms with van der Waals surface area (Å²) >= 11 is 0. The Hall–Kier alpha value is -1.89. The Kier molecular flexibility index (Phi) is 3.90. The number of hydrogen-bond acceptors (Lipinski definition) is 4. The minimum Gasteiger partial charge on any atom is -0.356 e. The van der Waals surface area contributed by atoms with Crippen LogP contribution < -0.4 is 5.32 Å². The predicted molar refractivity (Wildman–Crippen MR) is 83.1 cm³/mol. The van der Waals surface area contributed by atoms with E-state index in [2.05, 4.69) is 9.71 Å². The van der Waals surface area contributed by atoms with Crippen LogP contribution in [-0.2, 0) is 14.8 Å². The van der Waals surface area contributed by atoms with Gasteiger partial charge >= 0.3 is 0 Å². The Bertz CT molecular complexity index is 727. The van der Waals surface area contributed by atoms with Crippen LogP contribution in [0.3, 0.4) is 0 Å². The number of piperidine rings is 1. The third-order valence-corrected chi connectivity index (χ3v) is 5.38. The molecule has 1 fully saturated rings. The molecule has 1 amide bonds. The number of amidine groups is 1. The van der Waals surface area contributed by atoms with Crippen molar-refractivity contribution in [2.45, 2.75) is 24.7 Å². The van der Waals surface area contributed by atoms with E-state index in [0.29, 0.717) is 24.5 Å². The molecule has 0 unspecified atom stereocenters. The number of hydrogen-bond donors (Lipinski definition) is 1. The van der Waals surface area contributed by atoms with Gasteiger partial charge in [-0.1, -0.05) is 12.1 Å². The average Bonchev–Trinajstić information content (AvgIpc) is 2.80. The molecule has 0 radical (unpaired) electrons. The molecule has 2 aliphatic heterocycles. The van der Waals surface area contributed by atoms with Crippen LogP contribution in [0.1, 0.15) is 25.3 Å². The van der Waals surface area contributed by atoms with Crippen LogP contribution in [0.5, 0.6) is 0 Å². The maximum absolute atomic E-state index is 12.1. The summed E-state index contributed by atoms with van der Waals surface area (Å²) in [7, 11) is -3.61. The van der Waals surface area contributed by atoms with Crippen molar-refractivity contribution < 1.29 is 13.2 Å². The molecular formula is C15H19N3O3S. The minimum absolute atomic E-state index is 0.0296. The summed E-state index contributed by atoms with van der Waals surface area (Å²) in [6.07, 6.45) is 1.67. The Morgan fingerprint density at radius 2 is 2.18 bits per heavy atom. The number of nitrogens with one attached hydrogen (secondary N) is 1. The van der Waals surface area contributed by atoms with Crippen LogP contribution in [0.2, 0.25) is 0 Å². The molecule has 2 aliphatic rings. The highest BCUT2D eigenvalue weighted by Crippen LogP contribution is 2.29. The molecule has 0 saturated carbocycles. The molecule has 1 N–H and O–H groups in total. The van der Waals surface area contributed by atoms with Gasteiger partial charge in [-0.15, -0.1) is 4.40 Å². The van der Waals surface area contributed by atoms with Crippen LogP contribution in [0.4, 0.5) is 0 Å². The van der Waals surface area contributed by atoms with Crippen LogP contribution in [0, 0.1) is 5.92 Å². The summed E-state index contributed by atoms with van der Waals surface area (Å²) in [6, 6.07) is 6.85. The highest BCUT2D eigenvalue weighted by atomic mass is 32.2. The third-order valence-electron chi connectivity index (χ3n) is 4.06. The van der Waals surface area contributed by atoms with Crippen LogP contribution in [0.25, 0.3) is 0 Å². The van der Waals surface area contributed by atoms with Crippen molar-refractivity contribution in [1.82, 2.24) is 10.2 Å². The zero-order valence-electron chi connectivity index (χ0n) is 12.4. The van der Waals surface area contributed by atoms with E-state index in [-0.39, 0.29) is 16.7 Å². The first-order chi connectivity index (χ1) is 10.5. The summed E-state index contributed by atoms with van der Waals surface area (Å²) in [5.41, 5.74) is 0.638. The fourth-order valence-corrected chi connectivity index (χ4v) is 4.25. The molecule has 1 aromatic rings. The zero-order valence-corrected chi connectivity index (χ0v) is 13.3. The fraction of sp³-hybridized carbons (Fsp3) is 0.467. The van der Waals surface area contributed by atoms with Crippen molar-refractivity contribution in [3.8, 4) is 0 Å². The third kappa shape index (κ3) is 2.61. The second-order valence-electron chi connectivity index (χ2n) is 5.57. The van der Waals surface area contributed by atoms with Gasteiger partial charge in [-0.3, -0.25) is 4.79 Å². The molecule has 0 bridgehead atoms. The summed E-state index contributed by atoms with van der Waals surface area (Å²) in [6.45, 7) is 3.73. The van der Waals surface area contributed by atoms with Gasteiger partial charge in [0.25, 0.3) is 10.0 Å². The molecule has 2 heterocycles. The molecule has 6 nitrogen and oxygen atoms in total. The predicted octanol–water partition coefficient (Wildman–Crippen LogP) is 0.984. The summed E-state index contributed by atoms with van der Waals surface area (Å²) in [5.74, 6) is 0.387. The first-order valence-corrected chi connectivity index (χ1v) is 8.94. The van der Waals surface area contributed by atoms with Gasteiger partial charge in [-0.2, -0.15) is 8.42 Å². The van der Waals surface area contributed by atoms with Crippen molar-refractivity contribution in [1.29, 1.82) is 0 Å². The second kappa shape index (κ2) is 5.72. The van der Waals surface area contributed by atoms with E-state index in [1.54, 1.807) is 24.3 Å². The highest BCUT2D eigenvalue weighted by molar-refractivity contribution is 7.90. The molecule has 118 valence electrons. The largest absolute Gasteiger partial charge is 0.356 e. The molecule has 0 spiro atoms. The quantitative estimate of drug-likeness (QED) is 0.881. The van der Waals surface area contributed by atoms with Gasteiger partial charge in [-0.05, 0) is 31.9 Å². The molecule has 0 aliphatic carbocycles. The van der Waals surface area contributed by atoms with Crippen molar-refractivity contribution in [2.24, 2.45) is 10.3 Å². The molecular weight excluding hydrogens is 302 g/mol. The van der Waals surface area contributed by atoms with Crippen molar-refractivity contribution in [3.05, 3.63) is 29.8 Å². The van der Waals surface area contributed by atoms with Gasteiger partial charge in [0.05, 0.1) is 5.92 Å². The molecule has 22 heavy (non-hydrogen) atoms. The molecule has 3 rings (SSSR count). The minimum atomic E-state index is -3.61. The normalized spacial score (nSPS) is 22.9. The van der Waals surface area contributed by atoms with E-state index in [1.165, 1.54) is 0 Å². The molecule has 1 atom stereocenters. The van der Waals surface area contributed by atoms with Crippen LogP contribution >= 0.6 is 0 Å². The Morgan fingerprint density at radius 3 is 2.95 bits per heavy atom. The lowest BCUT2D eigenvalue weighted by molar-refractivity contribution is -0.126. The average molecular weight is 321 g/mol. The summed E-state index contributed by atoms with van der Waals surface area (Å²) in [5, 5.41) is 2.84. The molecule has 0 aromatic heterocycles. The number of benzene rings is 1. The maximum atomic E-state index is 12.1. The summed E-state index contributed by atoms with van der Waals surface area (Å²) < 4.78 is 28.2. The number of carbonyl (C=O) groups excluding carboxylic acids is 1. The Morgan fingerprint density at radius 1 is 1.41 bits per heavy atom. The van der Waals surface area contributed by atoms with E-state index >= 15 is 0 Å². The Labute approximate surface area is 130 Å². The number of fused-ring (bicyclic) bond motifs is 1. The van der Waals surface area contributed by atoms with Gasteiger partial charge in [0.15, 0.2) is 5.84 Å². The lowest BCUT2D eigenvalue weighted by atomic mass is 9.96. The maximum Gasteiger partial charge on any atom is 0.285 e. The van der Waals surface area contributed by atoms with Crippen LogP contribution in [0.15, 0.2) is 33.6 Å². The first kappa shape index (κ1) is 15.0. The number of carbonyl (C=O) groups is 1. The van der Waals surface area contributed by atoms with Gasteiger partial charge in [0.1, 0.15) is 4.90 Å².